The Bertz CT molecular complexity index is 3370. The van der Waals surface area contributed by atoms with Gasteiger partial charge in [0.25, 0.3) is 0 Å². The molecule has 7 aromatic carbocycles. The number of hydrogen-bond donors (Lipinski definition) is 0. The normalized spacial score (nSPS) is 14.1. The van der Waals surface area contributed by atoms with Crippen molar-refractivity contribution in [3.63, 3.8) is 0 Å². The highest BCUT2D eigenvalue weighted by molar-refractivity contribution is 7.26. The van der Waals surface area contributed by atoms with Crippen LogP contribution < -0.4 is 0 Å². The molecule has 0 unspecified atom stereocenters. The SMILES string of the molecule is [2H]c1c([2H])c([2H])c(-c2ccc3c(c2)c2c([2H])c([2H])c([2H])c([2H])c2n3-c2cccc(-c3nc(-c4ccccc4)nc(-c4cccc5c4sc4ccccc45)n3)c2)c([2H])c1[2H]. The number of aromatic nitrogens is 4. The first-order valence-electron chi connectivity index (χ1n) is 20.5. The lowest BCUT2D eigenvalue weighted by atomic mass is 10.0. The van der Waals surface area contributed by atoms with Gasteiger partial charge in [0.1, 0.15) is 0 Å². The predicted octanol–water partition coefficient (Wildman–Crippen LogP) is 12.0. The van der Waals surface area contributed by atoms with Gasteiger partial charge in [-0.3, -0.25) is 0 Å². The molecule has 0 atom stereocenters. The van der Waals surface area contributed by atoms with Crippen molar-refractivity contribution in [3.8, 4) is 51.0 Å². The van der Waals surface area contributed by atoms with E-state index in [-0.39, 0.29) is 40.6 Å². The van der Waals surface area contributed by atoms with Gasteiger partial charge >= 0.3 is 0 Å². The van der Waals surface area contributed by atoms with E-state index in [1.165, 1.54) is 0 Å². The molecule has 0 aliphatic carbocycles. The summed E-state index contributed by atoms with van der Waals surface area (Å²) < 4.78 is 81.2. The lowest BCUT2D eigenvalue weighted by Gasteiger charge is -2.12. The van der Waals surface area contributed by atoms with Crippen molar-refractivity contribution in [1.29, 1.82) is 0 Å². The molecule has 3 aromatic heterocycles. The average Bonchev–Trinajstić information content (AvgIpc) is 3.83. The number of fused-ring (bicyclic) bond motifs is 6. The highest BCUT2D eigenvalue weighted by Crippen LogP contribution is 2.40. The minimum absolute atomic E-state index is 0.00664. The Balaban J connectivity index is 1.21. The first-order chi connectivity index (χ1) is 28.5. The molecule has 10 rings (SSSR count). The summed E-state index contributed by atoms with van der Waals surface area (Å²) in [5, 5.41) is 2.92. The van der Waals surface area contributed by atoms with Gasteiger partial charge in [-0.1, -0.05) is 127 Å². The van der Waals surface area contributed by atoms with E-state index in [0.29, 0.717) is 45.2 Å². The van der Waals surface area contributed by atoms with Crippen molar-refractivity contribution >= 4 is 53.3 Å². The number of para-hydroxylation sites is 1. The molecule has 0 spiro atoms. The Morgan fingerprint density at radius 3 is 2.08 bits per heavy atom. The Kier molecular flexibility index (Phi) is 4.84. The quantitative estimate of drug-likeness (QED) is 0.184. The maximum Gasteiger partial charge on any atom is 0.165 e. The number of rotatable bonds is 5. The van der Waals surface area contributed by atoms with Crippen LogP contribution in [0.2, 0.25) is 0 Å². The summed E-state index contributed by atoms with van der Waals surface area (Å²) in [4.78, 5) is 15.1. The minimum Gasteiger partial charge on any atom is -0.309 e. The molecule has 3 heterocycles. The van der Waals surface area contributed by atoms with Crippen LogP contribution in [0.1, 0.15) is 12.3 Å². The number of hydrogen-bond acceptors (Lipinski definition) is 4. The molecular weight excluding hydrogens is 629 g/mol. The maximum absolute atomic E-state index is 9.11. The van der Waals surface area contributed by atoms with Crippen molar-refractivity contribution in [2.75, 3.05) is 0 Å². The van der Waals surface area contributed by atoms with Crippen LogP contribution in [0.4, 0.5) is 0 Å². The minimum atomic E-state index is -0.506. The fraction of sp³-hybridized carbons (Fsp3) is 0. The van der Waals surface area contributed by atoms with Gasteiger partial charge in [0.15, 0.2) is 17.5 Å². The molecule has 0 saturated heterocycles. The van der Waals surface area contributed by atoms with E-state index < -0.39 is 30.2 Å². The van der Waals surface area contributed by atoms with Gasteiger partial charge < -0.3 is 4.57 Å². The standard InChI is InChI=1S/C45H28N4S/c1-3-13-29(14-4-1)31-25-26-40-38(28-31)34-19-7-9-23-39(34)49(40)33-18-11-17-32(27-33)44-46-43(30-15-5-2-6-16-30)47-45(48-44)37-22-12-21-36-35-20-8-10-24-41(35)50-42(36)37/h1-28H/i1D,3D,4D,7D,9D,13D,14D,19D,23D. The van der Waals surface area contributed by atoms with Crippen LogP contribution in [0.25, 0.3) is 93.0 Å². The molecule has 5 heteroatoms. The van der Waals surface area contributed by atoms with Crippen LogP contribution in [0.3, 0.4) is 0 Å². The molecular formula is C45H28N4S. The lowest BCUT2D eigenvalue weighted by Crippen LogP contribution is -2.01. The highest BCUT2D eigenvalue weighted by Gasteiger charge is 2.18. The van der Waals surface area contributed by atoms with E-state index in [2.05, 4.69) is 18.2 Å². The fourth-order valence-electron chi connectivity index (χ4n) is 6.59. The van der Waals surface area contributed by atoms with Crippen molar-refractivity contribution in [3.05, 3.63) is 170 Å². The van der Waals surface area contributed by atoms with Gasteiger partial charge in [-0.2, -0.15) is 0 Å². The first kappa shape index (κ1) is 20.8. The maximum atomic E-state index is 9.11. The molecule has 0 bridgehead atoms. The Hall–Kier alpha value is -6.43. The van der Waals surface area contributed by atoms with E-state index >= 15 is 0 Å². The van der Waals surface area contributed by atoms with Crippen molar-refractivity contribution in [2.45, 2.75) is 0 Å². The highest BCUT2D eigenvalue weighted by atomic mass is 32.1. The van der Waals surface area contributed by atoms with Crippen molar-refractivity contribution < 1.29 is 12.3 Å². The Morgan fingerprint density at radius 2 is 1.18 bits per heavy atom. The van der Waals surface area contributed by atoms with Gasteiger partial charge in [0, 0.05) is 53.3 Å². The molecule has 0 aliphatic heterocycles. The molecule has 4 nitrogen and oxygen atoms in total. The smallest absolute Gasteiger partial charge is 0.165 e. The van der Waals surface area contributed by atoms with Gasteiger partial charge in [0.2, 0.25) is 0 Å². The van der Waals surface area contributed by atoms with E-state index in [9.17, 15) is 0 Å². The summed E-state index contributed by atoms with van der Waals surface area (Å²) in [6.45, 7) is 0. The lowest BCUT2D eigenvalue weighted by molar-refractivity contribution is 1.07. The van der Waals surface area contributed by atoms with Crippen LogP contribution in [0.5, 0.6) is 0 Å². The Morgan fingerprint density at radius 1 is 0.460 bits per heavy atom. The van der Waals surface area contributed by atoms with Crippen LogP contribution in [-0.2, 0) is 0 Å². The van der Waals surface area contributed by atoms with Crippen LogP contribution in [-0.4, -0.2) is 19.5 Å². The van der Waals surface area contributed by atoms with E-state index in [4.69, 9.17) is 27.3 Å². The zero-order chi connectivity index (χ0) is 40.9. The topological polar surface area (TPSA) is 43.6 Å². The predicted molar refractivity (Wildman–Crippen MR) is 209 cm³/mol. The molecule has 0 N–H and O–H groups in total. The molecule has 50 heavy (non-hydrogen) atoms. The molecule has 0 radical (unpaired) electrons. The summed E-state index contributed by atoms with van der Waals surface area (Å²) in [7, 11) is 0. The largest absolute Gasteiger partial charge is 0.309 e. The molecule has 234 valence electrons. The molecule has 0 amide bonds. The Labute approximate surface area is 305 Å². The summed E-state index contributed by atoms with van der Waals surface area (Å²) in [5.41, 5.74) is 3.94. The summed E-state index contributed by atoms with van der Waals surface area (Å²) >= 11 is 1.68. The fourth-order valence-corrected chi connectivity index (χ4v) is 7.80. The van der Waals surface area contributed by atoms with E-state index in [1.54, 1.807) is 34.1 Å². The van der Waals surface area contributed by atoms with E-state index in [0.717, 1.165) is 31.3 Å². The zero-order valence-corrected chi connectivity index (χ0v) is 27.0. The van der Waals surface area contributed by atoms with E-state index in [1.807, 2.05) is 78.9 Å². The van der Waals surface area contributed by atoms with Crippen molar-refractivity contribution in [1.82, 2.24) is 19.5 Å². The van der Waals surface area contributed by atoms with Gasteiger partial charge in [0.05, 0.1) is 23.4 Å². The second-order valence-corrected chi connectivity index (χ2v) is 12.8. The summed E-state index contributed by atoms with van der Waals surface area (Å²) in [6.07, 6.45) is 0. The molecule has 10 aromatic rings. The van der Waals surface area contributed by atoms with Gasteiger partial charge in [-0.15, -0.1) is 11.3 Å². The third kappa shape index (κ3) is 4.71. The number of thiophene rings is 1. The number of benzene rings is 7. The van der Waals surface area contributed by atoms with Crippen molar-refractivity contribution in [2.24, 2.45) is 0 Å². The molecule has 0 aliphatic rings. The summed E-state index contributed by atoms with van der Waals surface area (Å²) in [5.74, 6) is 1.39. The zero-order valence-electron chi connectivity index (χ0n) is 35.2. The van der Waals surface area contributed by atoms with Gasteiger partial charge in [-0.25, -0.2) is 15.0 Å². The number of nitrogens with zero attached hydrogens (tertiary/aromatic N) is 4. The monoisotopic (exact) mass is 665 g/mol. The third-order valence-electron chi connectivity index (χ3n) is 8.86. The summed E-state index contributed by atoms with van der Waals surface area (Å²) in [6, 6.07) is 33.0. The average molecular weight is 666 g/mol. The van der Waals surface area contributed by atoms with Crippen LogP contribution in [0.15, 0.2) is 170 Å². The molecule has 0 saturated carbocycles. The first-order valence-corrected chi connectivity index (χ1v) is 16.8. The second-order valence-electron chi connectivity index (χ2n) is 11.8. The third-order valence-corrected chi connectivity index (χ3v) is 10.1. The molecule has 0 fully saturated rings. The van der Waals surface area contributed by atoms with Crippen LogP contribution >= 0.6 is 11.3 Å². The van der Waals surface area contributed by atoms with Crippen LogP contribution in [0, 0.1) is 0 Å². The second kappa shape index (κ2) is 11.6. The van der Waals surface area contributed by atoms with Gasteiger partial charge in [-0.05, 0) is 53.6 Å².